The zero-order valence-corrected chi connectivity index (χ0v) is 22.7. The highest BCUT2D eigenvalue weighted by molar-refractivity contribution is 7.07. The molecule has 0 saturated heterocycles. The van der Waals surface area contributed by atoms with Crippen molar-refractivity contribution in [2.24, 2.45) is 4.99 Å². The van der Waals surface area contributed by atoms with Crippen LogP contribution in [0.3, 0.4) is 0 Å². The number of rotatable bonds is 7. The molecule has 0 bridgehead atoms. The van der Waals surface area contributed by atoms with E-state index in [2.05, 4.69) is 44.2 Å². The van der Waals surface area contributed by atoms with Crippen molar-refractivity contribution in [1.29, 1.82) is 0 Å². The van der Waals surface area contributed by atoms with Crippen LogP contribution in [0.4, 0.5) is 0 Å². The SMILES string of the molecule is COCCOC(=O)C1=C(C)N=c2sc(=Cc3cccc4ccccc34)c(=O)n2C1c1ccc(C(C)C)cc1. The highest BCUT2D eigenvalue weighted by Gasteiger charge is 2.33. The van der Waals surface area contributed by atoms with Crippen molar-refractivity contribution >= 4 is 34.2 Å². The van der Waals surface area contributed by atoms with Gasteiger partial charge in [-0.3, -0.25) is 9.36 Å². The lowest BCUT2D eigenvalue weighted by molar-refractivity contribution is -0.140. The van der Waals surface area contributed by atoms with Crippen molar-refractivity contribution in [3.8, 4) is 0 Å². The molecule has 1 unspecified atom stereocenters. The molecular formula is C31H30N2O4S. The molecule has 4 aromatic rings. The maximum absolute atomic E-state index is 13.9. The molecule has 3 aromatic carbocycles. The van der Waals surface area contributed by atoms with Crippen LogP contribution >= 0.6 is 11.3 Å². The quantitative estimate of drug-likeness (QED) is 0.259. The van der Waals surface area contributed by atoms with Crippen molar-refractivity contribution in [3.05, 3.63) is 114 Å². The average Bonchev–Trinajstić information content (AvgIpc) is 3.22. The fraction of sp³-hybridized carbons (Fsp3) is 0.258. The predicted octanol–water partition coefficient (Wildman–Crippen LogP) is 4.70. The smallest absolute Gasteiger partial charge is 0.338 e. The van der Waals surface area contributed by atoms with Gasteiger partial charge in [-0.1, -0.05) is 91.9 Å². The Morgan fingerprint density at radius 2 is 1.79 bits per heavy atom. The van der Waals surface area contributed by atoms with E-state index < -0.39 is 12.0 Å². The molecule has 2 heterocycles. The van der Waals surface area contributed by atoms with Crippen molar-refractivity contribution in [1.82, 2.24) is 4.57 Å². The second-order valence-electron chi connectivity index (χ2n) is 9.60. The van der Waals surface area contributed by atoms with Gasteiger partial charge >= 0.3 is 5.97 Å². The molecule has 194 valence electrons. The lowest BCUT2D eigenvalue weighted by Crippen LogP contribution is -2.40. The van der Waals surface area contributed by atoms with Crippen LogP contribution in [0, 0.1) is 0 Å². The third-order valence-electron chi connectivity index (χ3n) is 6.79. The summed E-state index contributed by atoms with van der Waals surface area (Å²) in [5.41, 5.74) is 3.70. The topological polar surface area (TPSA) is 69.9 Å². The fourth-order valence-corrected chi connectivity index (χ4v) is 5.81. The van der Waals surface area contributed by atoms with E-state index in [4.69, 9.17) is 14.5 Å². The number of esters is 1. The van der Waals surface area contributed by atoms with Crippen LogP contribution in [0.25, 0.3) is 16.8 Å². The maximum atomic E-state index is 13.9. The molecule has 0 amide bonds. The van der Waals surface area contributed by atoms with Gasteiger partial charge in [-0.25, -0.2) is 9.79 Å². The lowest BCUT2D eigenvalue weighted by atomic mass is 9.93. The Kier molecular flexibility index (Phi) is 7.40. The summed E-state index contributed by atoms with van der Waals surface area (Å²) in [5, 5.41) is 2.18. The molecule has 0 spiro atoms. The Morgan fingerprint density at radius 3 is 2.53 bits per heavy atom. The van der Waals surface area contributed by atoms with Gasteiger partial charge in [-0.2, -0.15) is 0 Å². The zero-order chi connectivity index (χ0) is 26.8. The van der Waals surface area contributed by atoms with Gasteiger partial charge in [-0.15, -0.1) is 0 Å². The first-order valence-electron chi connectivity index (χ1n) is 12.6. The molecule has 5 rings (SSSR count). The summed E-state index contributed by atoms with van der Waals surface area (Å²) >= 11 is 1.33. The van der Waals surface area contributed by atoms with Crippen LogP contribution in [0.15, 0.2) is 87.8 Å². The van der Waals surface area contributed by atoms with Gasteiger partial charge in [0.05, 0.1) is 28.5 Å². The second kappa shape index (κ2) is 10.9. The molecule has 0 fully saturated rings. The summed E-state index contributed by atoms with van der Waals surface area (Å²) in [6.07, 6.45) is 1.92. The summed E-state index contributed by atoms with van der Waals surface area (Å²) in [7, 11) is 1.55. The number of methoxy groups -OCH3 is 1. The highest BCUT2D eigenvalue weighted by atomic mass is 32.1. The number of aromatic nitrogens is 1. The van der Waals surface area contributed by atoms with E-state index in [1.807, 2.05) is 42.5 Å². The molecule has 1 aromatic heterocycles. The van der Waals surface area contributed by atoms with E-state index in [9.17, 15) is 9.59 Å². The molecular weight excluding hydrogens is 496 g/mol. The van der Waals surface area contributed by atoms with E-state index in [-0.39, 0.29) is 18.8 Å². The first-order valence-corrected chi connectivity index (χ1v) is 13.5. The normalized spacial score (nSPS) is 15.6. The molecule has 1 aliphatic heterocycles. The number of hydrogen-bond donors (Lipinski definition) is 0. The van der Waals surface area contributed by atoms with Crippen LogP contribution < -0.4 is 14.9 Å². The van der Waals surface area contributed by atoms with Crippen molar-refractivity contribution in [3.63, 3.8) is 0 Å². The maximum Gasteiger partial charge on any atom is 0.338 e. The van der Waals surface area contributed by atoms with E-state index in [1.165, 1.54) is 16.9 Å². The van der Waals surface area contributed by atoms with Crippen LogP contribution in [0.5, 0.6) is 0 Å². The first kappa shape index (κ1) is 25.8. The highest BCUT2D eigenvalue weighted by Crippen LogP contribution is 2.31. The summed E-state index contributed by atoms with van der Waals surface area (Å²) < 4.78 is 12.7. The molecule has 7 heteroatoms. The van der Waals surface area contributed by atoms with Gasteiger partial charge in [-0.05, 0) is 46.4 Å². The minimum absolute atomic E-state index is 0.122. The third kappa shape index (κ3) is 4.87. The van der Waals surface area contributed by atoms with E-state index >= 15 is 0 Å². The van der Waals surface area contributed by atoms with Crippen molar-refractivity contribution in [2.75, 3.05) is 20.3 Å². The summed E-state index contributed by atoms with van der Waals surface area (Å²) in [6, 6.07) is 21.6. The number of ether oxygens (including phenoxy) is 2. The van der Waals surface area contributed by atoms with Gasteiger partial charge in [0, 0.05) is 7.11 Å². The van der Waals surface area contributed by atoms with Gasteiger partial charge in [0.25, 0.3) is 5.56 Å². The molecule has 0 saturated carbocycles. The number of allylic oxidation sites excluding steroid dienone is 1. The monoisotopic (exact) mass is 526 g/mol. The van der Waals surface area contributed by atoms with E-state index in [0.717, 1.165) is 21.9 Å². The molecule has 0 radical (unpaired) electrons. The molecule has 6 nitrogen and oxygen atoms in total. The van der Waals surface area contributed by atoms with Crippen LogP contribution in [-0.4, -0.2) is 30.9 Å². The number of nitrogens with zero attached hydrogens (tertiary/aromatic N) is 2. The fourth-order valence-electron chi connectivity index (χ4n) is 4.77. The molecule has 38 heavy (non-hydrogen) atoms. The number of fused-ring (bicyclic) bond motifs is 2. The second-order valence-corrected chi connectivity index (χ2v) is 10.6. The summed E-state index contributed by atoms with van der Waals surface area (Å²) in [4.78, 5) is 32.5. The number of carbonyl (C=O) groups excluding carboxylic acids is 1. The van der Waals surface area contributed by atoms with Crippen molar-refractivity contribution < 1.29 is 14.3 Å². The average molecular weight is 527 g/mol. The summed E-state index contributed by atoms with van der Waals surface area (Å²) in [5.74, 6) is -0.132. The largest absolute Gasteiger partial charge is 0.460 e. The summed E-state index contributed by atoms with van der Waals surface area (Å²) in [6.45, 7) is 6.47. The predicted molar refractivity (Wildman–Crippen MR) is 151 cm³/mol. The minimum atomic E-state index is -0.642. The van der Waals surface area contributed by atoms with Gasteiger partial charge in [0.1, 0.15) is 6.61 Å². The third-order valence-corrected chi connectivity index (χ3v) is 7.77. The minimum Gasteiger partial charge on any atom is -0.460 e. The van der Waals surface area contributed by atoms with Crippen molar-refractivity contribution in [2.45, 2.75) is 32.7 Å². The molecule has 1 atom stereocenters. The Labute approximate surface area is 225 Å². The van der Waals surface area contributed by atoms with Gasteiger partial charge < -0.3 is 9.47 Å². The molecule has 1 aliphatic rings. The number of carbonyl (C=O) groups is 1. The van der Waals surface area contributed by atoms with Gasteiger partial charge in [0.2, 0.25) is 0 Å². The Hall–Kier alpha value is -3.81. The Bertz CT molecular complexity index is 1710. The molecule has 0 aliphatic carbocycles. The van der Waals surface area contributed by atoms with Crippen LogP contribution in [0.2, 0.25) is 0 Å². The van der Waals surface area contributed by atoms with E-state index in [0.29, 0.717) is 26.5 Å². The Morgan fingerprint density at radius 1 is 1.05 bits per heavy atom. The Balaban J connectivity index is 1.68. The number of hydrogen-bond acceptors (Lipinski definition) is 6. The lowest BCUT2D eigenvalue weighted by Gasteiger charge is -2.25. The zero-order valence-electron chi connectivity index (χ0n) is 21.9. The standard InChI is InChI=1S/C31H30N2O4S/c1-19(2)21-12-14-23(15-13-21)28-27(30(35)37-17-16-36-4)20(3)32-31-33(28)29(34)26(38-31)18-24-10-7-9-22-8-5-6-11-25(22)24/h5-15,18-19,28H,16-17H2,1-4H3. The van der Waals surface area contributed by atoms with Crippen LogP contribution in [0.1, 0.15) is 49.4 Å². The van der Waals surface area contributed by atoms with Crippen LogP contribution in [-0.2, 0) is 14.3 Å². The molecule has 0 N–H and O–H groups in total. The van der Waals surface area contributed by atoms with E-state index in [1.54, 1.807) is 18.6 Å². The van der Waals surface area contributed by atoms with Gasteiger partial charge in [0.15, 0.2) is 4.80 Å². The number of benzene rings is 3. The number of thiazole rings is 1. The first-order chi connectivity index (χ1) is 18.4.